The number of hydrogen-bond donors (Lipinski definition) is 1. The normalized spacial score (nSPS) is 26.8. The molecule has 1 fully saturated rings. The quantitative estimate of drug-likeness (QED) is 0.848. The Kier molecular flexibility index (Phi) is 4.56. The largest absolute Gasteiger partial charge is 0.314 e. The van der Waals surface area contributed by atoms with Gasteiger partial charge in [0.25, 0.3) is 0 Å². The van der Waals surface area contributed by atoms with E-state index in [1.165, 1.54) is 6.07 Å². The van der Waals surface area contributed by atoms with Crippen molar-refractivity contribution >= 4 is 0 Å². The zero-order chi connectivity index (χ0) is 13.9. The van der Waals surface area contributed by atoms with Crippen LogP contribution in [0.4, 0.5) is 8.78 Å². The van der Waals surface area contributed by atoms with E-state index in [1.807, 2.05) is 0 Å². The van der Waals surface area contributed by atoms with Crippen LogP contribution in [0.25, 0.3) is 0 Å². The number of benzene rings is 1. The second kappa shape index (κ2) is 6.00. The Morgan fingerprint density at radius 2 is 2.16 bits per heavy atom. The minimum atomic E-state index is -0.736. The van der Waals surface area contributed by atoms with Gasteiger partial charge in [-0.1, -0.05) is 26.0 Å². The van der Waals surface area contributed by atoms with Gasteiger partial charge in [0.05, 0.1) is 0 Å². The zero-order valence-corrected chi connectivity index (χ0v) is 11.8. The Morgan fingerprint density at radius 3 is 2.89 bits per heavy atom. The van der Waals surface area contributed by atoms with E-state index in [1.54, 1.807) is 12.1 Å². The Hall–Kier alpha value is -0.960. The van der Waals surface area contributed by atoms with E-state index in [9.17, 15) is 8.78 Å². The van der Waals surface area contributed by atoms with Gasteiger partial charge < -0.3 is 5.32 Å². The minimum Gasteiger partial charge on any atom is -0.314 e. The minimum absolute atomic E-state index is 0.0834. The van der Waals surface area contributed by atoms with Gasteiger partial charge in [-0.25, -0.2) is 8.78 Å². The predicted octanol–water partition coefficient (Wildman–Crippen LogP) is 4.07. The molecule has 19 heavy (non-hydrogen) atoms. The van der Waals surface area contributed by atoms with Gasteiger partial charge in [0.2, 0.25) is 0 Å². The van der Waals surface area contributed by atoms with E-state index < -0.39 is 11.6 Å². The fourth-order valence-electron chi connectivity index (χ4n) is 3.15. The highest BCUT2D eigenvalue weighted by Crippen LogP contribution is 2.41. The van der Waals surface area contributed by atoms with Gasteiger partial charge >= 0.3 is 0 Å². The molecule has 3 heteroatoms. The fourth-order valence-corrected chi connectivity index (χ4v) is 3.15. The summed E-state index contributed by atoms with van der Waals surface area (Å²) in [4.78, 5) is 0. The molecule has 1 aromatic rings. The van der Waals surface area contributed by atoms with Crippen molar-refractivity contribution < 1.29 is 8.78 Å². The van der Waals surface area contributed by atoms with E-state index >= 15 is 0 Å². The van der Waals surface area contributed by atoms with Crippen molar-refractivity contribution in [1.29, 1.82) is 0 Å². The number of nitrogens with one attached hydrogen (secondary N) is 1. The average Bonchev–Trinajstić information content (AvgIpc) is 2.74. The van der Waals surface area contributed by atoms with Crippen molar-refractivity contribution in [3.05, 3.63) is 35.4 Å². The van der Waals surface area contributed by atoms with Crippen LogP contribution < -0.4 is 5.32 Å². The molecule has 1 saturated carbocycles. The van der Waals surface area contributed by atoms with E-state index in [-0.39, 0.29) is 5.41 Å². The van der Waals surface area contributed by atoms with Crippen LogP contribution in [-0.2, 0) is 6.42 Å². The molecule has 0 amide bonds. The predicted molar refractivity (Wildman–Crippen MR) is 74.1 cm³/mol. The second-order valence-electron chi connectivity index (χ2n) is 6.09. The Balaban J connectivity index is 2.01. The van der Waals surface area contributed by atoms with Crippen molar-refractivity contribution in [3.63, 3.8) is 0 Å². The van der Waals surface area contributed by atoms with Crippen LogP contribution in [0, 0.1) is 17.0 Å². The third-order valence-corrected chi connectivity index (χ3v) is 4.17. The van der Waals surface area contributed by atoms with E-state index in [0.29, 0.717) is 18.0 Å². The molecule has 2 unspecified atom stereocenters. The Bertz CT molecular complexity index is 433. The standard InChI is InChI=1S/C16H23F2N/c1-3-9-19-13-7-8-16(2,11-13)10-12-5-4-6-14(17)15(12)18/h4-6,13,19H,3,7-11H2,1-2H3. The third-order valence-electron chi connectivity index (χ3n) is 4.17. The maximum Gasteiger partial charge on any atom is 0.162 e. The van der Waals surface area contributed by atoms with Crippen molar-refractivity contribution in [2.45, 2.75) is 52.0 Å². The SMILES string of the molecule is CCCNC1CCC(C)(Cc2cccc(F)c2F)C1. The average molecular weight is 267 g/mol. The van der Waals surface area contributed by atoms with Crippen LogP contribution in [-0.4, -0.2) is 12.6 Å². The zero-order valence-electron chi connectivity index (χ0n) is 11.8. The van der Waals surface area contributed by atoms with E-state index in [2.05, 4.69) is 19.2 Å². The van der Waals surface area contributed by atoms with Crippen molar-refractivity contribution in [3.8, 4) is 0 Å². The van der Waals surface area contributed by atoms with Gasteiger partial charge in [-0.05, 0) is 55.7 Å². The molecule has 106 valence electrons. The first-order valence-corrected chi connectivity index (χ1v) is 7.20. The van der Waals surface area contributed by atoms with Crippen LogP contribution in [0.3, 0.4) is 0 Å². The summed E-state index contributed by atoms with van der Waals surface area (Å²) < 4.78 is 27.0. The van der Waals surface area contributed by atoms with Gasteiger partial charge in [-0.2, -0.15) is 0 Å². The highest BCUT2D eigenvalue weighted by Gasteiger charge is 2.35. The molecular formula is C16H23F2N. The molecule has 0 bridgehead atoms. The van der Waals surface area contributed by atoms with Gasteiger partial charge in [0.1, 0.15) is 0 Å². The van der Waals surface area contributed by atoms with E-state index in [0.717, 1.165) is 32.2 Å². The molecule has 0 saturated heterocycles. The summed E-state index contributed by atoms with van der Waals surface area (Å²) in [5.41, 5.74) is 0.596. The summed E-state index contributed by atoms with van der Waals surface area (Å²) in [5.74, 6) is -1.41. The molecule has 2 atom stereocenters. The van der Waals surface area contributed by atoms with Crippen molar-refractivity contribution in [2.24, 2.45) is 5.41 Å². The molecule has 1 nitrogen and oxygen atoms in total. The molecular weight excluding hydrogens is 244 g/mol. The molecule has 1 aliphatic carbocycles. The Morgan fingerprint density at radius 1 is 1.37 bits per heavy atom. The van der Waals surface area contributed by atoms with Gasteiger partial charge in [0.15, 0.2) is 11.6 Å². The molecule has 1 aromatic carbocycles. The van der Waals surface area contributed by atoms with Crippen molar-refractivity contribution in [1.82, 2.24) is 5.32 Å². The number of hydrogen-bond acceptors (Lipinski definition) is 1. The first kappa shape index (κ1) is 14.4. The highest BCUT2D eigenvalue weighted by molar-refractivity contribution is 5.21. The lowest BCUT2D eigenvalue weighted by Crippen LogP contribution is -2.29. The summed E-state index contributed by atoms with van der Waals surface area (Å²) >= 11 is 0. The smallest absolute Gasteiger partial charge is 0.162 e. The van der Waals surface area contributed by atoms with Crippen LogP contribution in [0.2, 0.25) is 0 Å². The van der Waals surface area contributed by atoms with Gasteiger partial charge in [-0.15, -0.1) is 0 Å². The summed E-state index contributed by atoms with van der Waals surface area (Å²) in [5, 5.41) is 3.53. The van der Waals surface area contributed by atoms with E-state index in [4.69, 9.17) is 0 Å². The highest BCUT2D eigenvalue weighted by atomic mass is 19.2. The fraction of sp³-hybridized carbons (Fsp3) is 0.625. The topological polar surface area (TPSA) is 12.0 Å². The lowest BCUT2D eigenvalue weighted by Gasteiger charge is -2.25. The summed E-state index contributed by atoms with van der Waals surface area (Å²) in [6, 6.07) is 5.01. The van der Waals surface area contributed by atoms with Crippen molar-refractivity contribution in [2.75, 3.05) is 6.54 Å². The molecule has 1 N–H and O–H groups in total. The summed E-state index contributed by atoms with van der Waals surface area (Å²) in [6.07, 6.45) is 5.01. The Labute approximate surface area is 114 Å². The maximum absolute atomic E-state index is 13.7. The van der Waals surface area contributed by atoms with Crippen LogP contribution >= 0.6 is 0 Å². The molecule has 0 spiro atoms. The number of halogens is 2. The third kappa shape index (κ3) is 3.53. The van der Waals surface area contributed by atoms with Gasteiger partial charge in [-0.3, -0.25) is 0 Å². The molecule has 2 rings (SSSR count). The van der Waals surface area contributed by atoms with Crippen LogP contribution in [0.15, 0.2) is 18.2 Å². The monoisotopic (exact) mass is 267 g/mol. The maximum atomic E-state index is 13.7. The summed E-state index contributed by atoms with van der Waals surface area (Å²) in [7, 11) is 0. The summed E-state index contributed by atoms with van der Waals surface area (Å²) in [6.45, 7) is 5.38. The molecule has 0 radical (unpaired) electrons. The van der Waals surface area contributed by atoms with Crippen LogP contribution in [0.1, 0.15) is 45.1 Å². The molecule has 0 aromatic heterocycles. The lowest BCUT2D eigenvalue weighted by molar-refractivity contribution is 0.315. The molecule has 0 heterocycles. The first-order chi connectivity index (χ1) is 9.04. The number of rotatable bonds is 5. The molecule has 1 aliphatic rings. The first-order valence-electron chi connectivity index (χ1n) is 7.20. The molecule has 0 aliphatic heterocycles. The van der Waals surface area contributed by atoms with Gasteiger partial charge in [0, 0.05) is 6.04 Å². The van der Waals surface area contributed by atoms with Crippen LogP contribution in [0.5, 0.6) is 0 Å². The lowest BCUT2D eigenvalue weighted by atomic mass is 9.82. The second-order valence-corrected chi connectivity index (χ2v) is 6.09.